The predicted molar refractivity (Wildman–Crippen MR) is 72.2 cm³/mol. The summed E-state index contributed by atoms with van der Waals surface area (Å²) in [4.78, 5) is 5.44. The van der Waals surface area contributed by atoms with Crippen molar-refractivity contribution in [3.63, 3.8) is 0 Å². The van der Waals surface area contributed by atoms with E-state index in [1.54, 1.807) is 11.3 Å². The molecule has 1 N–H and O–H groups in total. The highest BCUT2D eigenvalue weighted by atomic mass is 79.9. The second kappa shape index (κ2) is 5.29. The Morgan fingerprint density at radius 1 is 1.47 bits per heavy atom. The summed E-state index contributed by atoms with van der Waals surface area (Å²) in [5, 5.41) is 9.20. The summed E-state index contributed by atoms with van der Waals surface area (Å²) in [5.74, 6) is 1.53. The Labute approximate surface area is 113 Å². The normalized spacial score (nSPS) is 14.8. The van der Waals surface area contributed by atoms with Crippen LogP contribution in [0.1, 0.15) is 25.7 Å². The summed E-state index contributed by atoms with van der Waals surface area (Å²) in [5.41, 5.74) is 0. The Kier molecular flexibility index (Phi) is 3.96. The van der Waals surface area contributed by atoms with Gasteiger partial charge in [-0.25, -0.2) is 0 Å². The van der Waals surface area contributed by atoms with Gasteiger partial charge in [-0.3, -0.25) is 0 Å². The molecule has 2 aromatic heterocycles. The summed E-state index contributed by atoms with van der Waals surface area (Å²) >= 11 is 5.01. The van der Waals surface area contributed by atoms with Crippen molar-refractivity contribution in [2.75, 3.05) is 7.05 Å². The van der Waals surface area contributed by atoms with Crippen molar-refractivity contribution in [3.05, 3.63) is 21.8 Å². The van der Waals surface area contributed by atoms with E-state index in [1.807, 2.05) is 18.5 Å². The van der Waals surface area contributed by atoms with E-state index >= 15 is 0 Å². The zero-order valence-electron chi connectivity index (χ0n) is 9.90. The summed E-state index contributed by atoms with van der Waals surface area (Å²) in [6.07, 6.45) is 0. The summed E-state index contributed by atoms with van der Waals surface area (Å²) in [6.45, 7) is 4.17. The molecule has 0 bridgehead atoms. The van der Waals surface area contributed by atoms with Crippen LogP contribution in [-0.2, 0) is 0 Å². The highest BCUT2D eigenvalue weighted by molar-refractivity contribution is 9.10. The molecule has 0 spiro atoms. The molecule has 0 fully saturated rings. The van der Waals surface area contributed by atoms with Crippen molar-refractivity contribution in [2.45, 2.75) is 25.8 Å². The van der Waals surface area contributed by atoms with Crippen molar-refractivity contribution in [2.24, 2.45) is 0 Å². The number of nitrogens with zero attached hydrogens (tertiary/aromatic N) is 2. The van der Waals surface area contributed by atoms with Crippen molar-refractivity contribution in [1.29, 1.82) is 0 Å². The van der Waals surface area contributed by atoms with Crippen LogP contribution in [0.4, 0.5) is 0 Å². The fraction of sp³-hybridized carbons (Fsp3) is 0.455. The quantitative estimate of drug-likeness (QED) is 0.940. The zero-order chi connectivity index (χ0) is 12.4. The van der Waals surface area contributed by atoms with Gasteiger partial charge in [0, 0.05) is 15.9 Å². The first-order valence-electron chi connectivity index (χ1n) is 5.37. The largest absolute Gasteiger partial charge is 0.339 e. The van der Waals surface area contributed by atoms with Crippen LogP contribution < -0.4 is 5.32 Å². The van der Waals surface area contributed by atoms with E-state index in [0.717, 1.165) is 9.35 Å². The SMILES string of the molecule is CNC(C)C(C)c1nc(-c2cc(Br)cs2)no1. The number of hydrogen-bond donors (Lipinski definition) is 1. The molecule has 6 heteroatoms. The molecule has 0 aliphatic rings. The molecule has 2 unspecified atom stereocenters. The van der Waals surface area contributed by atoms with Gasteiger partial charge in [0.1, 0.15) is 0 Å². The lowest BCUT2D eigenvalue weighted by molar-refractivity contribution is 0.336. The molecule has 4 nitrogen and oxygen atoms in total. The van der Waals surface area contributed by atoms with Crippen LogP contribution in [0.25, 0.3) is 10.7 Å². The van der Waals surface area contributed by atoms with Gasteiger partial charge >= 0.3 is 0 Å². The Morgan fingerprint density at radius 2 is 2.24 bits per heavy atom. The third-order valence-corrected chi connectivity index (χ3v) is 4.51. The topological polar surface area (TPSA) is 51.0 Å². The van der Waals surface area contributed by atoms with Gasteiger partial charge in [-0.05, 0) is 36.0 Å². The predicted octanol–water partition coefficient (Wildman–Crippen LogP) is 3.27. The molecule has 0 saturated heterocycles. The van der Waals surface area contributed by atoms with Gasteiger partial charge in [0.05, 0.1) is 10.8 Å². The highest BCUT2D eigenvalue weighted by Gasteiger charge is 2.20. The molecule has 0 aliphatic heterocycles. The maximum absolute atomic E-state index is 5.30. The van der Waals surface area contributed by atoms with E-state index < -0.39 is 0 Å². The number of rotatable bonds is 4. The second-order valence-electron chi connectivity index (χ2n) is 3.95. The fourth-order valence-corrected chi connectivity index (χ4v) is 2.77. The lowest BCUT2D eigenvalue weighted by Crippen LogP contribution is -2.27. The minimum Gasteiger partial charge on any atom is -0.339 e. The molecule has 2 rings (SSSR count). The molecule has 2 atom stereocenters. The van der Waals surface area contributed by atoms with Crippen LogP contribution in [0.2, 0.25) is 0 Å². The van der Waals surface area contributed by atoms with Gasteiger partial charge in [-0.2, -0.15) is 4.98 Å². The molecular formula is C11H14BrN3OS. The Morgan fingerprint density at radius 3 is 2.82 bits per heavy atom. The van der Waals surface area contributed by atoms with E-state index in [-0.39, 0.29) is 5.92 Å². The van der Waals surface area contributed by atoms with Crippen molar-refractivity contribution in [1.82, 2.24) is 15.5 Å². The van der Waals surface area contributed by atoms with Crippen LogP contribution in [0.3, 0.4) is 0 Å². The van der Waals surface area contributed by atoms with Crippen molar-refractivity contribution >= 4 is 27.3 Å². The Bertz CT molecular complexity index is 496. The van der Waals surface area contributed by atoms with Gasteiger partial charge in [0.15, 0.2) is 0 Å². The number of likely N-dealkylation sites (N-methyl/N-ethyl adjacent to an activating group) is 1. The van der Waals surface area contributed by atoms with E-state index in [4.69, 9.17) is 4.52 Å². The average Bonchev–Trinajstić information content (AvgIpc) is 2.95. The molecule has 2 aromatic rings. The maximum atomic E-state index is 5.30. The number of nitrogens with one attached hydrogen (secondary N) is 1. The van der Waals surface area contributed by atoms with E-state index in [0.29, 0.717) is 17.8 Å². The van der Waals surface area contributed by atoms with Crippen molar-refractivity contribution in [3.8, 4) is 10.7 Å². The highest BCUT2D eigenvalue weighted by Crippen LogP contribution is 2.29. The first-order valence-corrected chi connectivity index (χ1v) is 7.04. The fourth-order valence-electron chi connectivity index (χ4n) is 1.41. The lowest BCUT2D eigenvalue weighted by Gasteiger charge is -2.14. The summed E-state index contributed by atoms with van der Waals surface area (Å²) < 4.78 is 6.35. The van der Waals surface area contributed by atoms with Crippen LogP contribution in [0.15, 0.2) is 20.4 Å². The smallest absolute Gasteiger partial charge is 0.231 e. The lowest BCUT2D eigenvalue weighted by atomic mass is 10.0. The van der Waals surface area contributed by atoms with Crippen LogP contribution in [-0.4, -0.2) is 23.2 Å². The Balaban J connectivity index is 2.21. The average molecular weight is 316 g/mol. The third-order valence-electron chi connectivity index (χ3n) is 2.82. The third kappa shape index (κ3) is 2.75. The molecular weight excluding hydrogens is 302 g/mol. The summed E-state index contributed by atoms with van der Waals surface area (Å²) in [6, 6.07) is 2.30. The summed E-state index contributed by atoms with van der Waals surface area (Å²) in [7, 11) is 1.93. The standard InChI is InChI=1S/C11H14BrN3OS/c1-6(7(2)13-3)11-14-10(15-16-11)9-4-8(12)5-17-9/h4-7,13H,1-3H3. The molecule has 17 heavy (non-hydrogen) atoms. The second-order valence-corrected chi connectivity index (χ2v) is 5.78. The minimum absolute atomic E-state index is 0.199. The van der Waals surface area contributed by atoms with Gasteiger partial charge in [-0.15, -0.1) is 11.3 Å². The van der Waals surface area contributed by atoms with Gasteiger partial charge in [0.25, 0.3) is 0 Å². The van der Waals surface area contributed by atoms with E-state index in [9.17, 15) is 0 Å². The molecule has 2 heterocycles. The molecule has 0 aliphatic carbocycles. The molecule has 92 valence electrons. The van der Waals surface area contributed by atoms with Crippen LogP contribution in [0, 0.1) is 0 Å². The zero-order valence-corrected chi connectivity index (χ0v) is 12.3. The van der Waals surface area contributed by atoms with Crippen LogP contribution >= 0.6 is 27.3 Å². The van der Waals surface area contributed by atoms with E-state index in [1.165, 1.54) is 0 Å². The Hall–Kier alpha value is -0.720. The minimum atomic E-state index is 0.199. The van der Waals surface area contributed by atoms with Gasteiger partial charge in [-0.1, -0.05) is 12.1 Å². The number of aromatic nitrogens is 2. The number of halogens is 1. The molecule has 0 amide bonds. The maximum Gasteiger partial charge on any atom is 0.231 e. The van der Waals surface area contributed by atoms with Gasteiger partial charge in [0.2, 0.25) is 11.7 Å². The number of hydrogen-bond acceptors (Lipinski definition) is 5. The van der Waals surface area contributed by atoms with Crippen LogP contribution in [0.5, 0.6) is 0 Å². The van der Waals surface area contributed by atoms with E-state index in [2.05, 4.69) is 45.2 Å². The first kappa shape index (κ1) is 12.7. The first-order chi connectivity index (χ1) is 8.11. The number of thiophene rings is 1. The monoisotopic (exact) mass is 315 g/mol. The molecule has 0 aromatic carbocycles. The molecule has 0 saturated carbocycles. The van der Waals surface area contributed by atoms with Crippen molar-refractivity contribution < 1.29 is 4.52 Å². The molecule has 0 radical (unpaired) electrons. The van der Waals surface area contributed by atoms with Gasteiger partial charge < -0.3 is 9.84 Å².